The fourth-order valence-electron chi connectivity index (χ4n) is 2.71. The third-order valence-corrected chi connectivity index (χ3v) is 4.20. The van der Waals surface area contributed by atoms with Gasteiger partial charge in [0, 0.05) is 17.4 Å². The fraction of sp³-hybridized carbons (Fsp3) is 0.235. The Morgan fingerprint density at radius 3 is 2.68 bits per heavy atom. The third kappa shape index (κ3) is 3.78. The van der Waals surface area contributed by atoms with Gasteiger partial charge in [-0.3, -0.25) is 9.79 Å². The van der Waals surface area contributed by atoms with Crippen LogP contribution in [0.4, 0.5) is 23.2 Å². The van der Waals surface area contributed by atoms with Crippen LogP contribution in [-0.4, -0.2) is 36.4 Å². The van der Waals surface area contributed by atoms with Crippen LogP contribution < -0.4 is 11.1 Å². The first kappa shape index (κ1) is 20.0. The lowest BCUT2D eigenvalue weighted by Crippen LogP contribution is -2.45. The number of ether oxygens (including phenoxy) is 1. The summed E-state index contributed by atoms with van der Waals surface area (Å²) in [5.41, 5.74) is 1.97. The summed E-state index contributed by atoms with van der Waals surface area (Å²) < 4.78 is 60.8. The minimum absolute atomic E-state index is 0.00950. The number of nitrogens with one attached hydrogen (secondary N) is 1. The molecule has 1 amide bonds. The van der Waals surface area contributed by atoms with E-state index in [-0.39, 0.29) is 23.2 Å². The molecule has 3 N–H and O–H groups in total. The van der Waals surface area contributed by atoms with Gasteiger partial charge in [0.2, 0.25) is 0 Å². The summed E-state index contributed by atoms with van der Waals surface area (Å²) >= 11 is 5.58. The monoisotopic (exact) mass is 416 g/mol. The van der Waals surface area contributed by atoms with Crippen LogP contribution in [0, 0.1) is 11.6 Å². The number of amidine groups is 1. The van der Waals surface area contributed by atoms with E-state index in [1.165, 1.54) is 0 Å². The molecule has 0 bridgehead atoms. The smallest absolute Gasteiger partial charge is 0.277 e. The zero-order valence-corrected chi connectivity index (χ0v) is 14.8. The van der Waals surface area contributed by atoms with Gasteiger partial charge in [-0.1, -0.05) is 11.6 Å². The van der Waals surface area contributed by atoms with Crippen LogP contribution in [0.25, 0.3) is 0 Å². The van der Waals surface area contributed by atoms with Crippen molar-refractivity contribution in [3.05, 3.63) is 58.4 Å². The quantitative estimate of drug-likeness (QED) is 0.749. The van der Waals surface area contributed by atoms with Crippen LogP contribution in [0.3, 0.4) is 0 Å². The van der Waals surface area contributed by atoms with Crippen molar-refractivity contribution in [3.63, 3.8) is 0 Å². The van der Waals surface area contributed by atoms with Crippen molar-refractivity contribution in [2.45, 2.75) is 12.0 Å². The molecule has 1 atom stereocenters. The molecule has 0 saturated heterocycles. The lowest BCUT2D eigenvalue weighted by Gasteiger charge is -2.33. The molecule has 0 radical (unpaired) electrons. The number of nitrogens with zero attached hydrogens (tertiary/aromatic N) is 2. The van der Waals surface area contributed by atoms with Crippen LogP contribution in [0.15, 0.2) is 35.5 Å². The van der Waals surface area contributed by atoms with Gasteiger partial charge in [-0.05, 0) is 24.3 Å². The SMILES string of the molecule is NC1=N[C@@](c2cc(NC(=O)c3ncc(Cl)cc3F)ccc2F)(C(F)F)COC1. The van der Waals surface area contributed by atoms with Gasteiger partial charge in [0.1, 0.15) is 18.3 Å². The molecule has 6 nitrogen and oxygen atoms in total. The zero-order chi connectivity index (χ0) is 20.5. The summed E-state index contributed by atoms with van der Waals surface area (Å²) in [7, 11) is 0. The number of hydrogen-bond acceptors (Lipinski definition) is 5. The Balaban J connectivity index is 1.97. The van der Waals surface area contributed by atoms with Crippen LogP contribution in [0.2, 0.25) is 5.02 Å². The van der Waals surface area contributed by atoms with Crippen molar-refractivity contribution in [2.75, 3.05) is 18.5 Å². The van der Waals surface area contributed by atoms with Crippen molar-refractivity contribution < 1.29 is 27.1 Å². The van der Waals surface area contributed by atoms with E-state index >= 15 is 0 Å². The first-order valence-corrected chi connectivity index (χ1v) is 8.23. The van der Waals surface area contributed by atoms with E-state index in [1.54, 1.807) is 0 Å². The van der Waals surface area contributed by atoms with Gasteiger partial charge in [-0.25, -0.2) is 22.5 Å². The molecule has 0 saturated carbocycles. The zero-order valence-electron chi connectivity index (χ0n) is 14.1. The number of pyridine rings is 1. The number of benzene rings is 1. The van der Waals surface area contributed by atoms with Crippen molar-refractivity contribution in [1.29, 1.82) is 0 Å². The van der Waals surface area contributed by atoms with Crippen molar-refractivity contribution in [1.82, 2.24) is 4.98 Å². The van der Waals surface area contributed by atoms with Gasteiger partial charge in [0.15, 0.2) is 17.1 Å². The molecular weight excluding hydrogens is 404 g/mol. The third-order valence-electron chi connectivity index (χ3n) is 3.99. The molecule has 2 aromatic rings. The van der Waals surface area contributed by atoms with E-state index in [9.17, 15) is 22.4 Å². The Hall–Kier alpha value is -2.72. The Morgan fingerprint density at radius 2 is 2.04 bits per heavy atom. The van der Waals surface area contributed by atoms with Crippen molar-refractivity contribution >= 4 is 29.0 Å². The predicted molar refractivity (Wildman–Crippen MR) is 93.7 cm³/mol. The molecule has 0 aliphatic carbocycles. The summed E-state index contributed by atoms with van der Waals surface area (Å²) in [5.74, 6) is -3.15. The van der Waals surface area contributed by atoms with Gasteiger partial charge in [-0.2, -0.15) is 0 Å². The maximum Gasteiger partial charge on any atom is 0.277 e. The molecule has 28 heavy (non-hydrogen) atoms. The summed E-state index contributed by atoms with van der Waals surface area (Å²) in [6.07, 6.45) is -2.07. The Labute approximate surface area is 161 Å². The van der Waals surface area contributed by atoms with Gasteiger partial charge in [0.25, 0.3) is 12.3 Å². The van der Waals surface area contributed by atoms with E-state index in [2.05, 4.69) is 15.3 Å². The molecule has 1 aromatic heterocycles. The van der Waals surface area contributed by atoms with Crippen LogP contribution in [0.1, 0.15) is 16.1 Å². The van der Waals surface area contributed by atoms with Gasteiger partial charge in [-0.15, -0.1) is 0 Å². The molecule has 1 aliphatic heterocycles. The molecule has 2 heterocycles. The lowest BCUT2D eigenvalue weighted by atomic mass is 9.90. The largest absolute Gasteiger partial charge is 0.385 e. The Bertz CT molecular complexity index is 957. The normalized spacial score (nSPS) is 19.4. The topological polar surface area (TPSA) is 89.6 Å². The first-order chi connectivity index (χ1) is 13.2. The van der Waals surface area contributed by atoms with Crippen LogP contribution in [-0.2, 0) is 10.3 Å². The summed E-state index contributed by atoms with van der Waals surface area (Å²) in [6.45, 7) is -0.763. The number of nitrogens with two attached hydrogens (primary N) is 1. The second-order valence-corrected chi connectivity index (χ2v) is 6.39. The average Bonchev–Trinajstić information content (AvgIpc) is 2.62. The predicted octanol–water partition coefficient (Wildman–Crippen LogP) is 3.11. The van der Waals surface area contributed by atoms with E-state index in [0.29, 0.717) is 0 Å². The van der Waals surface area contributed by atoms with Gasteiger partial charge in [0.05, 0.1) is 11.6 Å². The first-order valence-electron chi connectivity index (χ1n) is 7.85. The number of rotatable bonds is 4. The van der Waals surface area contributed by atoms with Crippen LogP contribution in [0.5, 0.6) is 0 Å². The molecule has 0 fully saturated rings. The average molecular weight is 417 g/mol. The summed E-state index contributed by atoms with van der Waals surface area (Å²) in [6, 6.07) is 3.86. The van der Waals surface area contributed by atoms with Crippen molar-refractivity contribution in [2.24, 2.45) is 10.7 Å². The van der Waals surface area contributed by atoms with E-state index in [0.717, 1.165) is 30.5 Å². The van der Waals surface area contributed by atoms with E-state index in [1.807, 2.05) is 0 Å². The molecule has 11 heteroatoms. The number of aromatic nitrogens is 1. The Morgan fingerprint density at radius 1 is 1.29 bits per heavy atom. The highest BCUT2D eigenvalue weighted by Crippen LogP contribution is 2.38. The number of carbonyl (C=O) groups excluding carboxylic acids is 1. The standard InChI is InChI=1S/C17H13ClF4N4O2/c18-8-3-12(20)14(24-5-8)15(27)25-9-1-2-11(19)10(4-9)17(16(21)22)7-28-6-13(23)26-17/h1-5,16H,6-7H2,(H2,23,26)(H,25,27)/t17-/m0/s1. The van der Waals surface area contributed by atoms with Crippen LogP contribution >= 0.6 is 11.6 Å². The maximum atomic E-state index is 14.4. The maximum absolute atomic E-state index is 14.4. The minimum Gasteiger partial charge on any atom is -0.385 e. The molecule has 148 valence electrons. The molecular formula is C17H13ClF4N4O2. The fourth-order valence-corrected chi connectivity index (χ4v) is 2.85. The number of carbonyl (C=O) groups is 1. The number of halogens is 5. The molecule has 3 rings (SSSR count). The molecule has 0 unspecified atom stereocenters. The highest BCUT2D eigenvalue weighted by Gasteiger charge is 2.46. The number of anilines is 1. The number of aliphatic imine (C=N–C) groups is 1. The molecule has 0 spiro atoms. The highest BCUT2D eigenvalue weighted by molar-refractivity contribution is 6.30. The number of hydrogen-bond donors (Lipinski definition) is 2. The Kier molecular flexibility index (Phi) is 5.52. The second kappa shape index (κ2) is 7.72. The lowest BCUT2D eigenvalue weighted by molar-refractivity contribution is -0.0145. The minimum atomic E-state index is -3.14. The second-order valence-electron chi connectivity index (χ2n) is 5.95. The highest BCUT2D eigenvalue weighted by atomic mass is 35.5. The number of amides is 1. The van der Waals surface area contributed by atoms with Crippen molar-refractivity contribution in [3.8, 4) is 0 Å². The van der Waals surface area contributed by atoms with Gasteiger partial charge < -0.3 is 15.8 Å². The summed E-state index contributed by atoms with van der Waals surface area (Å²) in [4.78, 5) is 19.5. The van der Waals surface area contributed by atoms with E-state index in [4.69, 9.17) is 22.1 Å². The van der Waals surface area contributed by atoms with E-state index < -0.39 is 47.4 Å². The molecule has 1 aromatic carbocycles. The number of alkyl halides is 2. The summed E-state index contributed by atoms with van der Waals surface area (Å²) in [5, 5.41) is 2.27. The van der Waals surface area contributed by atoms with Gasteiger partial charge >= 0.3 is 0 Å². The molecule has 1 aliphatic rings.